The Balaban J connectivity index is 4.56. The fourth-order valence-corrected chi connectivity index (χ4v) is 2.30. The summed E-state index contributed by atoms with van der Waals surface area (Å²) in [5, 5.41) is 6.31. The zero-order chi connectivity index (χ0) is 17.2. The molecule has 0 saturated heterocycles. The van der Waals surface area contributed by atoms with Gasteiger partial charge in [-0.15, -0.1) is 0 Å². The monoisotopic (exact) mass is 334 g/mol. The minimum atomic E-state index is -2.97. The first-order chi connectivity index (χ1) is 10.2. The molecule has 0 fully saturated rings. The molecule has 0 spiro atoms. The van der Waals surface area contributed by atoms with Crippen molar-refractivity contribution in [3.05, 3.63) is 0 Å². The highest BCUT2D eigenvalue weighted by Crippen LogP contribution is 1.96. The molecule has 0 aromatic heterocycles. The van der Waals surface area contributed by atoms with Gasteiger partial charge in [-0.3, -0.25) is 4.79 Å². The molecule has 0 aliphatic heterocycles. The number of carbonyl (C=O) groups is 1. The normalized spacial score (nSPS) is 13.6. The van der Waals surface area contributed by atoms with E-state index in [0.29, 0.717) is 12.4 Å². The molecule has 0 saturated carbocycles. The lowest BCUT2D eigenvalue weighted by Crippen LogP contribution is -2.43. The van der Waals surface area contributed by atoms with Crippen molar-refractivity contribution in [1.82, 2.24) is 15.5 Å². The van der Waals surface area contributed by atoms with Crippen LogP contribution < -0.4 is 10.6 Å². The molecule has 0 aliphatic carbocycles. The first-order valence-electron chi connectivity index (χ1n) is 7.58. The van der Waals surface area contributed by atoms with Crippen LogP contribution in [-0.2, 0) is 14.6 Å². The number of carbonyl (C=O) groups excluding carboxylic acids is 1. The van der Waals surface area contributed by atoms with E-state index in [1.54, 1.807) is 14.1 Å². The lowest BCUT2D eigenvalue weighted by atomic mass is 10.2. The predicted octanol–water partition coefficient (Wildman–Crippen LogP) is 0.233. The molecule has 8 heteroatoms. The summed E-state index contributed by atoms with van der Waals surface area (Å²) >= 11 is 0. The Labute approximate surface area is 134 Å². The number of unbranched alkanes of at least 4 members (excludes halogenated alkanes) is 1. The van der Waals surface area contributed by atoms with Gasteiger partial charge in [0.15, 0.2) is 5.96 Å². The van der Waals surface area contributed by atoms with Crippen molar-refractivity contribution in [1.29, 1.82) is 0 Å². The van der Waals surface area contributed by atoms with Crippen LogP contribution in [0.25, 0.3) is 0 Å². The van der Waals surface area contributed by atoms with Gasteiger partial charge in [0, 0.05) is 32.9 Å². The number of likely N-dealkylation sites (N-methyl/N-ethyl adjacent to an activating group) is 1. The third-order valence-corrected chi connectivity index (χ3v) is 3.98. The lowest BCUT2D eigenvalue weighted by Gasteiger charge is -2.18. The number of hydrogen-bond donors (Lipinski definition) is 2. The number of amides is 1. The smallest absolute Gasteiger partial charge is 0.243 e. The molecule has 130 valence electrons. The molecule has 1 unspecified atom stereocenters. The third-order valence-electron chi connectivity index (χ3n) is 3.00. The van der Waals surface area contributed by atoms with Crippen LogP contribution in [0.5, 0.6) is 0 Å². The minimum Gasteiger partial charge on any atom is -0.356 e. The van der Waals surface area contributed by atoms with Crippen LogP contribution in [0.1, 0.15) is 33.1 Å². The zero-order valence-corrected chi connectivity index (χ0v) is 15.2. The number of hydrogen-bond acceptors (Lipinski definition) is 4. The minimum absolute atomic E-state index is 0.0444. The molecule has 1 atom stereocenters. The van der Waals surface area contributed by atoms with Gasteiger partial charge in [-0.2, -0.15) is 0 Å². The predicted molar refractivity (Wildman–Crippen MR) is 90.8 cm³/mol. The van der Waals surface area contributed by atoms with Crippen molar-refractivity contribution in [3.63, 3.8) is 0 Å². The van der Waals surface area contributed by atoms with Crippen molar-refractivity contribution < 1.29 is 13.2 Å². The summed E-state index contributed by atoms with van der Waals surface area (Å²) in [4.78, 5) is 17.3. The van der Waals surface area contributed by atoms with Gasteiger partial charge in [0.2, 0.25) is 5.91 Å². The van der Waals surface area contributed by atoms with Gasteiger partial charge < -0.3 is 15.5 Å². The fraction of sp³-hybridized carbons (Fsp3) is 0.857. The molecular weight excluding hydrogens is 304 g/mol. The summed E-state index contributed by atoms with van der Waals surface area (Å²) in [6.45, 7) is 4.82. The Morgan fingerprint density at radius 3 is 2.45 bits per heavy atom. The Morgan fingerprint density at radius 1 is 1.32 bits per heavy atom. The van der Waals surface area contributed by atoms with Crippen LogP contribution in [0.3, 0.4) is 0 Å². The third kappa shape index (κ3) is 11.4. The summed E-state index contributed by atoms with van der Waals surface area (Å²) in [5.74, 6) is 0.588. The van der Waals surface area contributed by atoms with Gasteiger partial charge in [-0.1, -0.05) is 13.3 Å². The Hall–Kier alpha value is -1.31. The van der Waals surface area contributed by atoms with Crippen molar-refractivity contribution in [2.24, 2.45) is 4.99 Å². The van der Waals surface area contributed by atoms with Gasteiger partial charge >= 0.3 is 0 Å². The molecule has 0 radical (unpaired) electrons. The molecule has 7 nitrogen and oxygen atoms in total. The quantitative estimate of drug-likeness (QED) is 0.358. The van der Waals surface area contributed by atoms with E-state index in [2.05, 4.69) is 22.5 Å². The number of nitrogens with one attached hydrogen (secondary N) is 2. The van der Waals surface area contributed by atoms with Crippen molar-refractivity contribution in [2.75, 3.05) is 39.2 Å². The summed E-state index contributed by atoms with van der Waals surface area (Å²) in [6, 6.07) is -0.0444. The van der Waals surface area contributed by atoms with E-state index in [1.807, 2.05) is 6.92 Å². The largest absolute Gasteiger partial charge is 0.356 e. The maximum atomic E-state index is 11.6. The van der Waals surface area contributed by atoms with Gasteiger partial charge in [-0.25, -0.2) is 13.4 Å². The average Bonchev–Trinajstić information content (AvgIpc) is 2.41. The van der Waals surface area contributed by atoms with Gasteiger partial charge in [-0.05, 0) is 19.8 Å². The lowest BCUT2D eigenvalue weighted by molar-refractivity contribution is -0.127. The molecule has 0 rings (SSSR count). The molecule has 22 heavy (non-hydrogen) atoms. The van der Waals surface area contributed by atoms with Crippen LogP contribution in [-0.4, -0.2) is 70.4 Å². The summed E-state index contributed by atoms with van der Waals surface area (Å²) in [7, 11) is 0.396. The van der Waals surface area contributed by atoms with Crippen LogP contribution >= 0.6 is 0 Å². The van der Waals surface area contributed by atoms with E-state index >= 15 is 0 Å². The number of aliphatic imine (C=N–C) groups is 1. The van der Waals surface area contributed by atoms with Crippen molar-refractivity contribution in [2.45, 2.75) is 39.2 Å². The number of nitrogens with zero attached hydrogens (tertiary/aromatic N) is 2. The summed E-state index contributed by atoms with van der Waals surface area (Å²) in [5.41, 5.74) is 0. The number of rotatable bonds is 9. The molecular formula is C14H30N4O3S. The summed E-state index contributed by atoms with van der Waals surface area (Å²) < 4.78 is 22.4. The maximum absolute atomic E-state index is 11.6. The SMILES string of the molecule is CCCCNC(=NCC(=O)N(C)C)NC(C)CCS(C)(=O)=O. The van der Waals surface area contributed by atoms with Crippen LogP contribution in [0, 0.1) is 0 Å². The maximum Gasteiger partial charge on any atom is 0.243 e. The van der Waals surface area contributed by atoms with Crippen LogP contribution in [0.15, 0.2) is 4.99 Å². The Morgan fingerprint density at radius 2 is 1.95 bits per heavy atom. The van der Waals surface area contributed by atoms with Crippen molar-refractivity contribution in [3.8, 4) is 0 Å². The molecule has 1 amide bonds. The van der Waals surface area contributed by atoms with E-state index in [4.69, 9.17) is 0 Å². The fourth-order valence-electron chi connectivity index (χ4n) is 1.52. The highest BCUT2D eigenvalue weighted by Gasteiger charge is 2.10. The van der Waals surface area contributed by atoms with E-state index in [-0.39, 0.29) is 24.2 Å². The van der Waals surface area contributed by atoms with Gasteiger partial charge in [0.05, 0.1) is 5.75 Å². The first-order valence-corrected chi connectivity index (χ1v) is 9.64. The standard InChI is InChI=1S/C14H30N4O3S/c1-6-7-9-15-14(16-11-13(19)18(3)4)17-12(2)8-10-22(5,20)21/h12H,6-11H2,1-5H3,(H2,15,16,17). The van der Waals surface area contributed by atoms with E-state index < -0.39 is 9.84 Å². The molecule has 0 aromatic rings. The van der Waals surface area contributed by atoms with Crippen molar-refractivity contribution >= 4 is 21.7 Å². The van der Waals surface area contributed by atoms with E-state index in [0.717, 1.165) is 19.4 Å². The second kappa shape index (κ2) is 10.4. The number of sulfone groups is 1. The Bertz CT molecular complexity index is 461. The second-order valence-corrected chi connectivity index (χ2v) is 7.96. The van der Waals surface area contributed by atoms with Gasteiger partial charge in [0.25, 0.3) is 0 Å². The van der Waals surface area contributed by atoms with Crippen LogP contribution in [0.4, 0.5) is 0 Å². The molecule has 2 N–H and O–H groups in total. The molecule has 0 heterocycles. The zero-order valence-electron chi connectivity index (χ0n) is 14.3. The summed E-state index contributed by atoms with van der Waals surface area (Å²) in [6.07, 6.45) is 3.78. The second-order valence-electron chi connectivity index (χ2n) is 5.70. The molecule has 0 aliphatic rings. The molecule has 0 bridgehead atoms. The molecule has 0 aromatic carbocycles. The topological polar surface area (TPSA) is 90.9 Å². The Kier molecular flexibility index (Phi) is 9.80. The van der Waals surface area contributed by atoms with E-state index in [1.165, 1.54) is 11.2 Å². The highest BCUT2D eigenvalue weighted by molar-refractivity contribution is 7.90. The number of guanidine groups is 1. The highest BCUT2D eigenvalue weighted by atomic mass is 32.2. The average molecular weight is 334 g/mol. The van der Waals surface area contributed by atoms with Gasteiger partial charge in [0.1, 0.15) is 16.4 Å². The van der Waals surface area contributed by atoms with E-state index in [9.17, 15) is 13.2 Å². The first kappa shape index (κ1) is 20.7. The van der Waals surface area contributed by atoms with Crippen LogP contribution in [0.2, 0.25) is 0 Å².